The lowest BCUT2D eigenvalue weighted by Crippen LogP contribution is -2.20. The maximum atomic E-state index is 8.99. The van der Waals surface area contributed by atoms with E-state index in [1.165, 1.54) is 5.56 Å². The van der Waals surface area contributed by atoms with Crippen molar-refractivity contribution in [3.05, 3.63) is 35.9 Å². The number of hydrogen-bond donors (Lipinski definition) is 1. The van der Waals surface area contributed by atoms with Crippen molar-refractivity contribution in [2.75, 3.05) is 13.2 Å². The van der Waals surface area contributed by atoms with Crippen molar-refractivity contribution >= 4 is 0 Å². The van der Waals surface area contributed by atoms with Crippen molar-refractivity contribution in [3.8, 4) is 0 Å². The van der Waals surface area contributed by atoms with Crippen molar-refractivity contribution in [1.29, 1.82) is 0 Å². The van der Waals surface area contributed by atoms with Crippen LogP contribution in [-0.2, 0) is 11.2 Å². The Hall–Kier alpha value is -0.860. The van der Waals surface area contributed by atoms with Gasteiger partial charge < -0.3 is 9.84 Å². The monoisotopic (exact) mass is 180 g/mol. The Morgan fingerprint density at radius 3 is 2.54 bits per heavy atom. The summed E-state index contributed by atoms with van der Waals surface area (Å²) in [5, 5.41) is 8.99. The van der Waals surface area contributed by atoms with Gasteiger partial charge in [-0.1, -0.05) is 30.3 Å². The summed E-state index contributed by atoms with van der Waals surface area (Å²) < 4.78 is 5.35. The van der Waals surface area contributed by atoms with Crippen LogP contribution in [0.2, 0.25) is 0 Å². The molecule has 0 aliphatic carbocycles. The predicted octanol–water partition coefficient (Wildman–Crippen LogP) is 1.63. The van der Waals surface area contributed by atoms with Gasteiger partial charge in [-0.15, -0.1) is 0 Å². The SMILES string of the molecule is CCOC(CO)Cc1ccccc1. The number of hydrogen-bond acceptors (Lipinski definition) is 2. The molecule has 1 atom stereocenters. The number of aliphatic hydroxyl groups excluding tert-OH is 1. The summed E-state index contributed by atoms with van der Waals surface area (Å²) in [7, 11) is 0. The fourth-order valence-electron chi connectivity index (χ4n) is 1.29. The van der Waals surface area contributed by atoms with Gasteiger partial charge in [0.2, 0.25) is 0 Å². The largest absolute Gasteiger partial charge is 0.394 e. The lowest BCUT2D eigenvalue weighted by molar-refractivity contribution is 0.0207. The summed E-state index contributed by atoms with van der Waals surface area (Å²) in [6.07, 6.45) is 0.720. The summed E-state index contributed by atoms with van der Waals surface area (Å²) in [5.41, 5.74) is 1.20. The van der Waals surface area contributed by atoms with E-state index in [2.05, 4.69) is 0 Å². The predicted molar refractivity (Wildman–Crippen MR) is 52.6 cm³/mol. The second kappa shape index (κ2) is 5.73. The van der Waals surface area contributed by atoms with Gasteiger partial charge in [-0.25, -0.2) is 0 Å². The van der Waals surface area contributed by atoms with E-state index < -0.39 is 0 Å². The van der Waals surface area contributed by atoms with E-state index in [-0.39, 0.29) is 12.7 Å². The Balaban J connectivity index is 2.46. The second-order valence-electron chi connectivity index (χ2n) is 2.95. The molecule has 1 aromatic rings. The second-order valence-corrected chi connectivity index (χ2v) is 2.95. The molecule has 0 fully saturated rings. The highest BCUT2D eigenvalue weighted by molar-refractivity contribution is 5.15. The maximum Gasteiger partial charge on any atom is 0.0845 e. The third-order valence-electron chi connectivity index (χ3n) is 1.91. The van der Waals surface area contributed by atoms with Gasteiger partial charge in [0.15, 0.2) is 0 Å². The molecule has 0 aliphatic heterocycles. The van der Waals surface area contributed by atoms with Gasteiger partial charge in [-0.05, 0) is 12.5 Å². The topological polar surface area (TPSA) is 29.5 Å². The lowest BCUT2D eigenvalue weighted by atomic mass is 10.1. The summed E-state index contributed by atoms with van der Waals surface area (Å²) in [5.74, 6) is 0. The van der Waals surface area contributed by atoms with Crippen LogP contribution in [0.5, 0.6) is 0 Å². The first-order valence-electron chi connectivity index (χ1n) is 4.63. The minimum atomic E-state index is -0.0626. The molecule has 0 amide bonds. The van der Waals surface area contributed by atoms with Crippen LogP contribution in [0.1, 0.15) is 12.5 Å². The third-order valence-corrected chi connectivity index (χ3v) is 1.91. The fourth-order valence-corrected chi connectivity index (χ4v) is 1.29. The molecule has 0 saturated carbocycles. The van der Waals surface area contributed by atoms with E-state index in [0.29, 0.717) is 6.61 Å². The molecule has 0 aromatic heterocycles. The highest BCUT2D eigenvalue weighted by Gasteiger charge is 2.06. The van der Waals surface area contributed by atoms with Crippen LogP contribution in [0.4, 0.5) is 0 Å². The van der Waals surface area contributed by atoms with E-state index in [4.69, 9.17) is 9.84 Å². The zero-order valence-corrected chi connectivity index (χ0v) is 7.94. The highest BCUT2D eigenvalue weighted by Crippen LogP contribution is 2.05. The average molecular weight is 180 g/mol. The maximum absolute atomic E-state index is 8.99. The first-order valence-corrected chi connectivity index (χ1v) is 4.63. The first kappa shape index (κ1) is 10.2. The van der Waals surface area contributed by atoms with Crippen LogP contribution in [-0.4, -0.2) is 24.4 Å². The average Bonchev–Trinajstić information content (AvgIpc) is 2.19. The Labute approximate surface area is 79.2 Å². The molecule has 0 saturated heterocycles. The van der Waals surface area contributed by atoms with E-state index >= 15 is 0 Å². The molecule has 2 nitrogen and oxygen atoms in total. The van der Waals surface area contributed by atoms with Crippen LogP contribution >= 0.6 is 0 Å². The minimum absolute atomic E-state index is 0.0626. The van der Waals surface area contributed by atoms with Gasteiger partial charge in [0.25, 0.3) is 0 Å². The molecule has 0 radical (unpaired) electrons. The number of rotatable bonds is 5. The molecule has 0 bridgehead atoms. The molecule has 1 N–H and O–H groups in total. The smallest absolute Gasteiger partial charge is 0.0845 e. The van der Waals surface area contributed by atoms with Crippen LogP contribution in [0.15, 0.2) is 30.3 Å². The fraction of sp³-hybridized carbons (Fsp3) is 0.455. The van der Waals surface area contributed by atoms with E-state index in [9.17, 15) is 0 Å². The molecule has 13 heavy (non-hydrogen) atoms. The van der Waals surface area contributed by atoms with Crippen molar-refractivity contribution in [3.63, 3.8) is 0 Å². The van der Waals surface area contributed by atoms with Gasteiger partial charge >= 0.3 is 0 Å². The van der Waals surface area contributed by atoms with Gasteiger partial charge in [-0.3, -0.25) is 0 Å². The zero-order chi connectivity index (χ0) is 9.52. The molecular formula is C11H16O2. The summed E-state index contributed by atoms with van der Waals surface area (Å²) >= 11 is 0. The van der Waals surface area contributed by atoms with Gasteiger partial charge in [0.05, 0.1) is 12.7 Å². The van der Waals surface area contributed by atoms with E-state index in [1.807, 2.05) is 37.3 Å². The highest BCUT2D eigenvalue weighted by atomic mass is 16.5. The summed E-state index contributed by atoms with van der Waals surface area (Å²) in [6.45, 7) is 2.68. The first-order chi connectivity index (χ1) is 6.36. The normalized spacial score (nSPS) is 12.8. The molecule has 0 spiro atoms. The minimum Gasteiger partial charge on any atom is -0.394 e. The molecule has 1 aromatic carbocycles. The van der Waals surface area contributed by atoms with Crippen molar-refractivity contribution in [1.82, 2.24) is 0 Å². The van der Waals surface area contributed by atoms with Crippen LogP contribution < -0.4 is 0 Å². The van der Waals surface area contributed by atoms with Crippen molar-refractivity contribution < 1.29 is 9.84 Å². The Bertz CT molecular complexity index is 221. The number of benzene rings is 1. The standard InChI is InChI=1S/C11H16O2/c1-2-13-11(9-12)8-10-6-4-3-5-7-10/h3-7,11-12H,2,8-9H2,1H3. The van der Waals surface area contributed by atoms with Gasteiger partial charge in [0, 0.05) is 13.0 Å². The Morgan fingerprint density at radius 2 is 2.00 bits per heavy atom. The molecule has 2 heteroatoms. The van der Waals surface area contributed by atoms with Crippen LogP contribution in [0.3, 0.4) is 0 Å². The van der Waals surface area contributed by atoms with Gasteiger partial charge in [-0.2, -0.15) is 0 Å². The number of ether oxygens (including phenoxy) is 1. The van der Waals surface area contributed by atoms with E-state index in [1.54, 1.807) is 0 Å². The Kier molecular flexibility index (Phi) is 4.50. The van der Waals surface area contributed by atoms with Gasteiger partial charge in [0.1, 0.15) is 0 Å². The lowest BCUT2D eigenvalue weighted by Gasteiger charge is -2.13. The molecular weight excluding hydrogens is 164 g/mol. The third kappa shape index (κ3) is 3.57. The van der Waals surface area contributed by atoms with Crippen LogP contribution in [0, 0.1) is 0 Å². The summed E-state index contributed by atoms with van der Waals surface area (Å²) in [4.78, 5) is 0. The van der Waals surface area contributed by atoms with E-state index in [0.717, 1.165) is 6.42 Å². The quantitative estimate of drug-likeness (QED) is 0.746. The zero-order valence-electron chi connectivity index (χ0n) is 7.94. The Morgan fingerprint density at radius 1 is 1.31 bits per heavy atom. The van der Waals surface area contributed by atoms with Crippen molar-refractivity contribution in [2.24, 2.45) is 0 Å². The molecule has 72 valence electrons. The molecule has 1 rings (SSSR count). The summed E-state index contributed by atoms with van der Waals surface area (Å²) in [6, 6.07) is 10.1. The molecule has 0 heterocycles. The number of aliphatic hydroxyl groups is 1. The molecule has 0 aliphatic rings. The van der Waals surface area contributed by atoms with Crippen LogP contribution in [0.25, 0.3) is 0 Å². The van der Waals surface area contributed by atoms with Crippen molar-refractivity contribution in [2.45, 2.75) is 19.4 Å². The molecule has 1 unspecified atom stereocenters.